The molecule has 0 atom stereocenters. The zero-order chi connectivity index (χ0) is 20.2. The molecule has 0 saturated carbocycles. The number of nitrogens with zero attached hydrogens (tertiary/aromatic N) is 6. The summed E-state index contributed by atoms with van der Waals surface area (Å²) in [5.74, 6) is 2.45. The summed E-state index contributed by atoms with van der Waals surface area (Å²) < 4.78 is 7.51. The van der Waals surface area contributed by atoms with Crippen LogP contribution in [0.4, 0.5) is 0 Å². The van der Waals surface area contributed by atoms with E-state index < -0.39 is 0 Å². The highest BCUT2D eigenvalue weighted by Gasteiger charge is 2.17. The van der Waals surface area contributed by atoms with Gasteiger partial charge in [-0.15, -0.1) is 10.2 Å². The molecule has 0 aliphatic rings. The second kappa shape index (κ2) is 8.60. The third-order valence-electron chi connectivity index (χ3n) is 4.39. The Balaban J connectivity index is 1.41. The Hall–Kier alpha value is -3.30. The Morgan fingerprint density at radius 3 is 2.73 bits per heavy atom. The van der Waals surface area contributed by atoms with Crippen LogP contribution < -0.4 is 0 Å². The van der Waals surface area contributed by atoms with Crippen molar-refractivity contribution in [1.29, 1.82) is 0 Å². The van der Waals surface area contributed by atoms with Crippen molar-refractivity contribution in [3.05, 3.63) is 83.1 Å². The quantitative estimate of drug-likeness (QED) is 0.342. The number of thiophene rings is 1. The summed E-state index contributed by atoms with van der Waals surface area (Å²) in [5, 5.41) is 17.7. The normalized spacial score (nSPS) is 11.1. The van der Waals surface area contributed by atoms with Crippen molar-refractivity contribution in [2.24, 2.45) is 0 Å². The number of hydrogen-bond acceptors (Lipinski definition) is 8. The molecule has 5 aromatic rings. The molecule has 5 rings (SSSR count). The van der Waals surface area contributed by atoms with Crippen LogP contribution in [0, 0.1) is 0 Å². The first-order valence-electron chi connectivity index (χ1n) is 9.22. The summed E-state index contributed by atoms with van der Waals surface area (Å²) >= 11 is 3.12. The summed E-state index contributed by atoms with van der Waals surface area (Å²) in [5.41, 5.74) is 3.05. The van der Waals surface area contributed by atoms with E-state index in [9.17, 15) is 0 Å². The Morgan fingerprint density at radius 2 is 1.93 bits per heavy atom. The number of hydrogen-bond donors (Lipinski definition) is 0. The van der Waals surface area contributed by atoms with Gasteiger partial charge in [-0.3, -0.25) is 9.55 Å². The maximum absolute atomic E-state index is 5.42. The predicted octanol–water partition coefficient (Wildman–Crippen LogP) is 4.79. The first kappa shape index (κ1) is 18.7. The van der Waals surface area contributed by atoms with Crippen molar-refractivity contribution in [3.63, 3.8) is 0 Å². The maximum atomic E-state index is 5.42. The Labute approximate surface area is 180 Å². The predicted molar refractivity (Wildman–Crippen MR) is 116 cm³/mol. The van der Waals surface area contributed by atoms with Crippen LogP contribution in [0.3, 0.4) is 0 Å². The highest BCUT2D eigenvalue weighted by atomic mass is 32.2. The molecule has 0 N–H and O–H groups in total. The first-order valence-corrected chi connectivity index (χ1v) is 11.1. The van der Waals surface area contributed by atoms with Crippen molar-refractivity contribution in [2.75, 3.05) is 0 Å². The lowest BCUT2D eigenvalue weighted by Crippen LogP contribution is -2.04. The summed E-state index contributed by atoms with van der Waals surface area (Å²) in [6, 6.07) is 16.1. The van der Waals surface area contributed by atoms with Crippen LogP contribution >= 0.6 is 23.1 Å². The van der Waals surface area contributed by atoms with Crippen molar-refractivity contribution in [1.82, 2.24) is 29.9 Å². The van der Waals surface area contributed by atoms with Crippen LogP contribution in [0.25, 0.3) is 22.8 Å². The molecule has 30 heavy (non-hydrogen) atoms. The van der Waals surface area contributed by atoms with Gasteiger partial charge in [0.2, 0.25) is 11.7 Å². The van der Waals surface area contributed by atoms with Gasteiger partial charge in [-0.25, -0.2) is 0 Å². The second-order valence-corrected chi connectivity index (χ2v) is 8.15. The minimum absolute atomic E-state index is 0.511. The molecule has 0 amide bonds. The van der Waals surface area contributed by atoms with Gasteiger partial charge in [-0.05, 0) is 29.1 Å². The third kappa shape index (κ3) is 4.03. The smallest absolute Gasteiger partial charge is 0.237 e. The fourth-order valence-corrected chi connectivity index (χ4v) is 4.37. The third-order valence-corrected chi connectivity index (χ3v) is 6.03. The minimum Gasteiger partial charge on any atom is -0.338 e. The molecule has 0 saturated heterocycles. The van der Waals surface area contributed by atoms with Crippen LogP contribution in [0.2, 0.25) is 0 Å². The molecular weight excluding hydrogens is 416 g/mol. The highest BCUT2D eigenvalue weighted by Crippen LogP contribution is 2.27. The zero-order valence-electron chi connectivity index (χ0n) is 15.8. The topological polar surface area (TPSA) is 82.5 Å². The minimum atomic E-state index is 0.511. The second-order valence-electron chi connectivity index (χ2n) is 6.43. The van der Waals surface area contributed by atoms with Crippen molar-refractivity contribution in [2.45, 2.75) is 17.5 Å². The summed E-state index contributed by atoms with van der Waals surface area (Å²) in [4.78, 5) is 8.71. The van der Waals surface area contributed by atoms with Gasteiger partial charge in [-0.1, -0.05) is 47.3 Å². The van der Waals surface area contributed by atoms with Gasteiger partial charge in [0.25, 0.3) is 0 Å². The maximum Gasteiger partial charge on any atom is 0.237 e. The van der Waals surface area contributed by atoms with Gasteiger partial charge in [0.15, 0.2) is 11.0 Å². The first-order chi connectivity index (χ1) is 14.9. The van der Waals surface area contributed by atoms with E-state index in [0.29, 0.717) is 24.0 Å². The molecule has 0 aliphatic carbocycles. The number of rotatable bonds is 7. The number of thioether (sulfide) groups is 1. The van der Waals surface area contributed by atoms with E-state index in [2.05, 4.69) is 42.0 Å². The lowest BCUT2D eigenvalue weighted by Gasteiger charge is -2.10. The van der Waals surface area contributed by atoms with Crippen LogP contribution in [-0.2, 0) is 12.3 Å². The molecule has 4 heterocycles. The van der Waals surface area contributed by atoms with E-state index in [-0.39, 0.29) is 0 Å². The summed E-state index contributed by atoms with van der Waals surface area (Å²) in [6.45, 7) is 0.657. The van der Waals surface area contributed by atoms with Crippen LogP contribution in [-0.4, -0.2) is 29.9 Å². The molecule has 1 aromatic carbocycles. The molecule has 4 aromatic heterocycles. The Morgan fingerprint density at radius 1 is 1.00 bits per heavy atom. The van der Waals surface area contributed by atoms with Crippen molar-refractivity contribution >= 4 is 23.1 Å². The summed E-state index contributed by atoms with van der Waals surface area (Å²) in [6.07, 6.45) is 3.54. The van der Waals surface area contributed by atoms with Crippen LogP contribution in [0.5, 0.6) is 0 Å². The monoisotopic (exact) mass is 432 g/mol. The van der Waals surface area contributed by atoms with E-state index in [1.165, 1.54) is 17.3 Å². The zero-order valence-corrected chi connectivity index (χ0v) is 17.4. The van der Waals surface area contributed by atoms with Gasteiger partial charge in [0.1, 0.15) is 0 Å². The number of benzene rings is 1. The van der Waals surface area contributed by atoms with E-state index in [4.69, 9.17) is 4.52 Å². The molecule has 0 unspecified atom stereocenters. The van der Waals surface area contributed by atoms with Crippen LogP contribution in [0.1, 0.15) is 11.5 Å². The molecule has 0 fully saturated rings. The molecule has 148 valence electrons. The fraction of sp³-hybridized carbons (Fsp3) is 0.0952. The fourth-order valence-electron chi connectivity index (χ4n) is 2.96. The Kier molecular flexibility index (Phi) is 5.36. The van der Waals surface area contributed by atoms with Crippen molar-refractivity contribution < 1.29 is 4.52 Å². The Bertz CT molecular complexity index is 1220. The molecule has 0 spiro atoms. The largest absolute Gasteiger partial charge is 0.338 e. The molecule has 7 nitrogen and oxygen atoms in total. The number of pyridine rings is 1. The molecule has 0 aliphatic heterocycles. The van der Waals surface area contributed by atoms with E-state index in [1.54, 1.807) is 23.7 Å². The lowest BCUT2D eigenvalue weighted by atomic mass is 10.2. The van der Waals surface area contributed by atoms with Crippen molar-refractivity contribution in [3.8, 4) is 22.8 Å². The molecular formula is C21H16N6OS2. The van der Waals surface area contributed by atoms with E-state index in [1.807, 2.05) is 47.2 Å². The molecule has 0 bridgehead atoms. The van der Waals surface area contributed by atoms with Gasteiger partial charge in [0.05, 0.1) is 12.3 Å². The number of aromatic nitrogens is 6. The lowest BCUT2D eigenvalue weighted by molar-refractivity contribution is 0.391. The molecule has 9 heteroatoms. The van der Waals surface area contributed by atoms with E-state index in [0.717, 1.165) is 22.1 Å². The van der Waals surface area contributed by atoms with E-state index >= 15 is 0 Å². The molecule has 0 radical (unpaired) electrons. The highest BCUT2D eigenvalue weighted by molar-refractivity contribution is 7.98. The van der Waals surface area contributed by atoms with Crippen LogP contribution in [0.15, 0.2) is 81.4 Å². The standard InChI is InChI=1S/C21H16N6OS2/c1-2-5-15(6-3-1)12-27-20(16-7-4-9-22-11-16)24-25-21(27)30-14-18-23-19(26-28-18)17-8-10-29-13-17/h1-11,13H,12,14H2. The van der Waals surface area contributed by atoms with Gasteiger partial charge < -0.3 is 4.52 Å². The average Bonchev–Trinajstić information content (AvgIpc) is 3.55. The van der Waals surface area contributed by atoms with Gasteiger partial charge in [-0.2, -0.15) is 16.3 Å². The average molecular weight is 433 g/mol. The van der Waals surface area contributed by atoms with Gasteiger partial charge in [0, 0.05) is 28.9 Å². The SMILES string of the molecule is c1ccc(Cn2c(SCc3nc(-c4ccsc4)no3)nnc2-c2cccnc2)cc1. The summed E-state index contributed by atoms with van der Waals surface area (Å²) in [7, 11) is 0. The van der Waals surface area contributed by atoms with Gasteiger partial charge >= 0.3 is 0 Å².